The van der Waals surface area contributed by atoms with Crippen molar-refractivity contribution < 1.29 is 42.9 Å². The number of nitrogens with zero attached hydrogens (tertiary/aromatic N) is 1. The molecule has 38 heavy (non-hydrogen) atoms. The van der Waals surface area contributed by atoms with Crippen LogP contribution in [-0.2, 0) is 33.4 Å². The summed E-state index contributed by atoms with van der Waals surface area (Å²) >= 11 is 5.86. The van der Waals surface area contributed by atoms with Crippen LogP contribution in [0.25, 0.3) is 0 Å². The van der Waals surface area contributed by atoms with Crippen molar-refractivity contribution >= 4 is 41.4 Å². The van der Waals surface area contributed by atoms with Crippen molar-refractivity contribution in [1.82, 2.24) is 10.3 Å². The largest absolute Gasteiger partial charge is 0.463 e. The van der Waals surface area contributed by atoms with Gasteiger partial charge >= 0.3 is 23.9 Å². The smallest absolute Gasteiger partial charge is 0.332 e. The van der Waals surface area contributed by atoms with Gasteiger partial charge in [-0.25, -0.2) is 9.78 Å². The minimum absolute atomic E-state index is 0.0175. The Bertz CT molecular complexity index is 1070. The number of hydrogen-bond acceptors (Lipinski definition) is 10. The highest BCUT2D eigenvalue weighted by Crippen LogP contribution is 2.27. The van der Waals surface area contributed by atoms with E-state index in [1.807, 2.05) is 0 Å². The average molecular weight is 555 g/mol. The lowest BCUT2D eigenvalue weighted by Crippen LogP contribution is -2.47. The van der Waals surface area contributed by atoms with E-state index in [9.17, 15) is 24.0 Å². The zero-order valence-corrected chi connectivity index (χ0v) is 23.4. The molecule has 1 aromatic rings. The van der Waals surface area contributed by atoms with Crippen molar-refractivity contribution in [3.8, 4) is 5.75 Å². The van der Waals surface area contributed by atoms with Crippen LogP contribution >= 0.6 is 11.6 Å². The number of nitrogens with one attached hydrogen (secondary N) is 1. The van der Waals surface area contributed by atoms with Crippen LogP contribution in [0.3, 0.4) is 0 Å². The molecule has 1 aliphatic heterocycles. The Labute approximate surface area is 226 Å². The second kappa shape index (κ2) is 13.0. The molecule has 2 heterocycles. The summed E-state index contributed by atoms with van der Waals surface area (Å²) in [4.78, 5) is 67.9. The van der Waals surface area contributed by atoms with Gasteiger partial charge in [0.15, 0.2) is 23.6 Å². The third-order valence-corrected chi connectivity index (χ3v) is 6.68. The lowest BCUT2D eigenvalue weighted by Gasteiger charge is -2.29. The summed E-state index contributed by atoms with van der Waals surface area (Å²) in [5.41, 5.74) is -0.845. The van der Waals surface area contributed by atoms with E-state index in [1.165, 1.54) is 13.1 Å². The van der Waals surface area contributed by atoms with Gasteiger partial charge in [-0.15, -0.1) is 11.6 Å². The molecule has 2 rings (SSSR count). The number of rotatable bonds is 8. The Balaban J connectivity index is 2.31. The van der Waals surface area contributed by atoms with E-state index in [4.69, 9.17) is 30.5 Å². The predicted octanol–water partition coefficient (Wildman–Crippen LogP) is 2.74. The zero-order chi connectivity index (χ0) is 28.8. The third-order valence-electron chi connectivity index (χ3n) is 6.01. The van der Waals surface area contributed by atoms with E-state index in [0.29, 0.717) is 5.56 Å². The number of aryl methyl sites for hydroxylation is 1. The molecule has 0 spiro atoms. The number of carbonyl (C=O) groups excluding carboxylic acids is 5. The number of alkyl halides is 1. The SMILES string of the molecule is CCC1C(=O)OCC(NC(=O)c2nccc(C)c2OC(=O)C(C)(C)CCl)C(=O)OC(C)C1OC(=O)C(C)C. The number of ether oxygens (including phenoxy) is 4. The van der Waals surface area contributed by atoms with E-state index in [-0.39, 0.29) is 23.7 Å². The van der Waals surface area contributed by atoms with Gasteiger partial charge in [0, 0.05) is 12.1 Å². The van der Waals surface area contributed by atoms with E-state index in [2.05, 4.69) is 10.3 Å². The number of hydrogen-bond donors (Lipinski definition) is 1. The first-order valence-corrected chi connectivity index (χ1v) is 12.9. The molecule has 1 amide bonds. The normalized spacial score (nSPS) is 22.3. The number of aromatic nitrogens is 1. The van der Waals surface area contributed by atoms with Crippen LogP contribution < -0.4 is 10.1 Å². The number of esters is 4. The van der Waals surface area contributed by atoms with Gasteiger partial charge in [0.2, 0.25) is 0 Å². The molecule has 1 saturated heterocycles. The number of carbonyl (C=O) groups is 5. The lowest BCUT2D eigenvalue weighted by atomic mass is 9.95. The van der Waals surface area contributed by atoms with Gasteiger partial charge in [0.25, 0.3) is 5.91 Å². The first-order chi connectivity index (χ1) is 17.7. The number of halogens is 1. The zero-order valence-electron chi connectivity index (χ0n) is 22.7. The van der Waals surface area contributed by atoms with Crippen molar-refractivity contribution in [2.45, 2.75) is 73.1 Å². The highest BCUT2D eigenvalue weighted by molar-refractivity contribution is 6.19. The van der Waals surface area contributed by atoms with Crippen LogP contribution in [0.2, 0.25) is 0 Å². The Morgan fingerprint density at radius 2 is 1.89 bits per heavy atom. The summed E-state index contributed by atoms with van der Waals surface area (Å²) in [5, 5.41) is 2.44. The number of cyclic esters (lactones) is 2. The summed E-state index contributed by atoms with van der Waals surface area (Å²) < 4.78 is 21.8. The van der Waals surface area contributed by atoms with Gasteiger partial charge in [-0.1, -0.05) is 20.8 Å². The molecule has 0 saturated carbocycles. The molecule has 1 fully saturated rings. The molecule has 0 bridgehead atoms. The monoisotopic (exact) mass is 554 g/mol. The van der Waals surface area contributed by atoms with Crippen LogP contribution in [0.1, 0.15) is 64.0 Å². The second-order valence-electron chi connectivity index (χ2n) is 10.1. The van der Waals surface area contributed by atoms with E-state index >= 15 is 0 Å². The van der Waals surface area contributed by atoms with Gasteiger partial charge in [0.1, 0.15) is 12.7 Å². The number of pyridine rings is 1. The van der Waals surface area contributed by atoms with Gasteiger partial charge in [-0.05, 0) is 45.7 Å². The molecule has 0 aromatic carbocycles. The van der Waals surface area contributed by atoms with Crippen molar-refractivity contribution in [2.24, 2.45) is 17.3 Å². The first kappa shape index (κ1) is 31.0. The number of amides is 1. The second-order valence-corrected chi connectivity index (χ2v) is 10.3. The van der Waals surface area contributed by atoms with E-state index < -0.39 is 71.9 Å². The van der Waals surface area contributed by atoms with Gasteiger partial charge in [0.05, 0.1) is 17.3 Å². The van der Waals surface area contributed by atoms with Gasteiger partial charge < -0.3 is 24.3 Å². The van der Waals surface area contributed by atoms with Crippen molar-refractivity contribution in [3.63, 3.8) is 0 Å². The van der Waals surface area contributed by atoms with Crippen LogP contribution in [0, 0.1) is 24.2 Å². The molecule has 11 nitrogen and oxygen atoms in total. The minimum atomic E-state index is -1.41. The molecule has 0 aliphatic carbocycles. The summed E-state index contributed by atoms with van der Waals surface area (Å²) in [6.07, 6.45) is -0.478. The Morgan fingerprint density at radius 3 is 2.47 bits per heavy atom. The molecular weight excluding hydrogens is 520 g/mol. The van der Waals surface area contributed by atoms with Crippen molar-refractivity contribution in [3.05, 3.63) is 23.5 Å². The third kappa shape index (κ3) is 7.43. The Hall–Kier alpha value is -3.21. The molecule has 1 aromatic heterocycles. The highest BCUT2D eigenvalue weighted by atomic mass is 35.5. The summed E-state index contributed by atoms with van der Waals surface area (Å²) in [6, 6.07) is 0.143. The lowest BCUT2D eigenvalue weighted by molar-refractivity contribution is -0.176. The first-order valence-electron chi connectivity index (χ1n) is 12.4. The fraction of sp³-hybridized carbons (Fsp3) is 0.615. The Morgan fingerprint density at radius 1 is 1.24 bits per heavy atom. The molecule has 210 valence electrons. The molecule has 12 heteroatoms. The fourth-order valence-corrected chi connectivity index (χ4v) is 3.54. The van der Waals surface area contributed by atoms with Crippen LogP contribution in [0.4, 0.5) is 0 Å². The summed E-state index contributed by atoms with van der Waals surface area (Å²) in [7, 11) is 0. The van der Waals surface area contributed by atoms with E-state index in [0.717, 1.165) is 0 Å². The van der Waals surface area contributed by atoms with Crippen molar-refractivity contribution in [2.75, 3.05) is 12.5 Å². The topological polar surface area (TPSA) is 147 Å². The quantitative estimate of drug-likeness (QED) is 0.289. The molecule has 4 atom stereocenters. The summed E-state index contributed by atoms with van der Waals surface area (Å²) in [6.45, 7) is 10.8. The molecule has 1 N–H and O–H groups in total. The highest BCUT2D eigenvalue weighted by Gasteiger charge is 2.41. The van der Waals surface area contributed by atoms with Crippen molar-refractivity contribution in [1.29, 1.82) is 0 Å². The summed E-state index contributed by atoms with van der Waals surface area (Å²) in [5.74, 6) is -5.16. The maximum Gasteiger partial charge on any atom is 0.332 e. The predicted molar refractivity (Wildman–Crippen MR) is 135 cm³/mol. The average Bonchev–Trinajstić information content (AvgIpc) is 2.89. The Kier molecular flexibility index (Phi) is 10.6. The standard InChI is InChI=1S/C26H35ClN2O9/c1-8-16-20(37-22(31)13(2)3)15(5)36-24(33)17(11-35-23(16)32)29-21(30)18-19(14(4)9-10-28-18)38-25(34)26(6,7)12-27/h9-10,13,15-17,20H,8,11-12H2,1-7H3,(H,29,30). The van der Waals surface area contributed by atoms with Gasteiger partial charge in [-0.2, -0.15) is 0 Å². The van der Waals surface area contributed by atoms with Crippen LogP contribution in [-0.4, -0.2) is 65.5 Å². The van der Waals surface area contributed by atoms with Crippen LogP contribution in [0.5, 0.6) is 5.75 Å². The molecule has 0 radical (unpaired) electrons. The van der Waals surface area contributed by atoms with E-state index in [1.54, 1.807) is 47.6 Å². The minimum Gasteiger partial charge on any atom is -0.463 e. The molecule has 1 aliphatic rings. The maximum atomic E-state index is 13.2. The maximum absolute atomic E-state index is 13.2. The van der Waals surface area contributed by atoms with Crippen LogP contribution in [0.15, 0.2) is 12.3 Å². The molecule has 4 unspecified atom stereocenters. The fourth-order valence-electron chi connectivity index (χ4n) is 3.43. The molecular formula is C26H35ClN2O9. The van der Waals surface area contributed by atoms with Gasteiger partial charge in [-0.3, -0.25) is 19.2 Å².